The van der Waals surface area contributed by atoms with E-state index in [-0.39, 0.29) is 12.2 Å². The van der Waals surface area contributed by atoms with E-state index in [1.807, 2.05) is 6.07 Å². The van der Waals surface area contributed by atoms with Gasteiger partial charge in [0.25, 0.3) is 0 Å². The predicted octanol–water partition coefficient (Wildman–Crippen LogP) is 3.81. The molecule has 1 aromatic rings. The molecular formula is C15H19BrFNO2. The Bertz CT molecular complexity index is 477. The summed E-state index contributed by atoms with van der Waals surface area (Å²) in [5.41, 5.74) is 0.699. The van der Waals surface area contributed by atoms with Gasteiger partial charge in [-0.25, -0.2) is 4.39 Å². The maximum Gasteiger partial charge on any atom is 0.303 e. The summed E-state index contributed by atoms with van der Waals surface area (Å²) < 4.78 is 14.7. The molecule has 0 bridgehead atoms. The van der Waals surface area contributed by atoms with Crippen molar-refractivity contribution in [1.29, 1.82) is 0 Å². The second kappa shape index (κ2) is 7.18. The van der Waals surface area contributed by atoms with Gasteiger partial charge in [-0.1, -0.05) is 15.9 Å². The van der Waals surface area contributed by atoms with Crippen LogP contribution < -0.4 is 0 Å². The highest BCUT2D eigenvalue weighted by Crippen LogP contribution is 2.29. The Balaban J connectivity index is 1.89. The Kier molecular flexibility index (Phi) is 5.54. The van der Waals surface area contributed by atoms with Crippen LogP contribution in [0.1, 0.15) is 37.7 Å². The molecule has 0 heterocycles. The van der Waals surface area contributed by atoms with Crippen molar-refractivity contribution in [3.8, 4) is 0 Å². The summed E-state index contributed by atoms with van der Waals surface area (Å²) in [6, 6.07) is 5.54. The van der Waals surface area contributed by atoms with Crippen molar-refractivity contribution in [2.75, 3.05) is 6.54 Å². The Hall–Kier alpha value is -0.940. The summed E-state index contributed by atoms with van der Waals surface area (Å²) in [5, 5.41) is 8.63. The Morgan fingerprint density at radius 1 is 1.40 bits per heavy atom. The van der Waals surface area contributed by atoms with Crippen molar-refractivity contribution in [3.63, 3.8) is 0 Å². The quantitative estimate of drug-likeness (QED) is 0.729. The molecular weight excluding hydrogens is 325 g/mol. The van der Waals surface area contributed by atoms with Crippen LogP contribution in [0.25, 0.3) is 0 Å². The molecule has 1 N–H and O–H groups in total. The molecule has 3 nitrogen and oxygen atoms in total. The first-order valence-electron chi connectivity index (χ1n) is 6.96. The average molecular weight is 344 g/mol. The molecule has 0 aliphatic heterocycles. The highest BCUT2D eigenvalue weighted by atomic mass is 79.9. The molecule has 0 unspecified atom stereocenters. The number of aliphatic carboxylic acids is 1. The van der Waals surface area contributed by atoms with E-state index in [2.05, 4.69) is 20.8 Å². The highest BCUT2D eigenvalue weighted by molar-refractivity contribution is 9.10. The van der Waals surface area contributed by atoms with E-state index < -0.39 is 5.97 Å². The number of hydrogen-bond donors (Lipinski definition) is 1. The van der Waals surface area contributed by atoms with Gasteiger partial charge in [0.05, 0.1) is 0 Å². The van der Waals surface area contributed by atoms with E-state index >= 15 is 0 Å². The van der Waals surface area contributed by atoms with Crippen molar-refractivity contribution >= 4 is 21.9 Å². The van der Waals surface area contributed by atoms with Crippen LogP contribution in [0, 0.1) is 5.82 Å². The molecule has 0 spiro atoms. The first kappa shape index (κ1) is 15.4. The van der Waals surface area contributed by atoms with Crippen molar-refractivity contribution in [1.82, 2.24) is 4.90 Å². The minimum absolute atomic E-state index is 0.176. The second-order valence-corrected chi connectivity index (χ2v) is 6.20. The zero-order valence-electron chi connectivity index (χ0n) is 11.3. The number of benzene rings is 1. The molecule has 1 aliphatic rings. The van der Waals surface area contributed by atoms with Gasteiger partial charge >= 0.3 is 5.97 Å². The van der Waals surface area contributed by atoms with Crippen molar-refractivity contribution in [2.24, 2.45) is 0 Å². The summed E-state index contributed by atoms with van der Waals surface area (Å²) in [4.78, 5) is 12.8. The van der Waals surface area contributed by atoms with E-state index in [0.29, 0.717) is 24.6 Å². The summed E-state index contributed by atoms with van der Waals surface area (Å²) >= 11 is 3.37. The first-order chi connectivity index (χ1) is 9.56. The number of halogens is 2. The van der Waals surface area contributed by atoms with Gasteiger partial charge in [-0.3, -0.25) is 9.69 Å². The van der Waals surface area contributed by atoms with Crippen molar-refractivity contribution in [2.45, 2.75) is 44.7 Å². The minimum Gasteiger partial charge on any atom is -0.481 e. The van der Waals surface area contributed by atoms with Crippen LogP contribution in [-0.4, -0.2) is 28.6 Å². The normalized spacial score (nSPS) is 14.8. The molecule has 1 aromatic carbocycles. The lowest BCUT2D eigenvalue weighted by Gasteiger charge is -2.22. The molecule has 0 aromatic heterocycles. The fraction of sp³-hybridized carbons (Fsp3) is 0.533. The largest absolute Gasteiger partial charge is 0.481 e. The van der Waals surface area contributed by atoms with Gasteiger partial charge in [0, 0.05) is 29.0 Å². The molecule has 20 heavy (non-hydrogen) atoms. The molecule has 0 amide bonds. The Morgan fingerprint density at radius 2 is 2.15 bits per heavy atom. The maximum atomic E-state index is 13.8. The minimum atomic E-state index is -0.749. The topological polar surface area (TPSA) is 40.5 Å². The SMILES string of the molecule is O=C(O)CCCCN(Cc1cc(Br)ccc1F)C1CC1. The second-order valence-electron chi connectivity index (χ2n) is 5.29. The maximum absolute atomic E-state index is 13.8. The van der Waals surface area contributed by atoms with Crippen LogP contribution in [-0.2, 0) is 11.3 Å². The molecule has 0 radical (unpaired) electrons. The van der Waals surface area contributed by atoms with Gasteiger partial charge < -0.3 is 5.11 Å². The monoisotopic (exact) mass is 343 g/mol. The van der Waals surface area contributed by atoms with E-state index in [1.165, 1.54) is 6.07 Å². The van der Waals surface area contributed by atoms with Gasteiger partial charge in [-0.15, -0.1) is 0 Å². The summed E-state index contributed by atoms with van der Waals surface area (Å²) in [7, 11) is 0. The first-order valence-corrected chi connectivity index (χ1v) is 7.75. The van der Waals surface area contributed by atoms with Crippen molar-refractivity contribution < 1.29 is 14.3 Å². The molecule has 2 rings (SSSR count). The predicted molar refractivity (Wildman–Crippen MR) is 79.0 cm³/mol. The van der Waals surface area contributed by atoms with Gasteiger partial charge in [0.1, 0.15) is 5.82 Å². The van der Waals surface area contributed by atoms with E-state index in [0.717, 1.165) is 30.3 Å². The van der Waals surface area contributed by atoms with Crippen LogP contribution >= 0.6 is 15.9 Å². The van der Waals surface area contributed by atoms with E-state index in [9.17, 15) is 9.18 Å². The van der Waals surface area contributed by atoms with Crippen LogP contribution in [0.4, 0.5) is 4.39 Å². The van der Waals surface area contributed by atoms with Crippen LogP contribution in [0.15, 0.2) is 22.7 Å². The molecule has 110 valence electrons. The Morgan fingerprint density at radius 3 is 2.80 bits per heavy atom. The number of nitrogens with zero attached hydrogens (tertiary/aromatic N) is 1. The molecule has 1 saturated carbocycles. The molecule has 1 aliphatic carbocycles. The number of hydrogen-bond acceptors (Lipinski definition) is 2. The molecule has 0 saturated heterocycles. The van der Waals surface area contributed by atoms with Gasteiger partial charge in [0.2, 0.25) is 0 Å². The Labute approximate surface area is 126 Å². The van der Waals surface area contributed by atoms with E-state index in [4.69, 9.17) is 5.11 Å². The number of carbonyl (C=O) groups is 1. The zero-order chi connectivity index (χ0) is 14.5. The average Bonchev–Trinajstić information content (AvgIpc) is 3.21. The van der Waals surface area contributed by atoms with Gasteiger partial charge in [-0.05, 0) is 50.4 Å². The lowest BCUT2D eigenvalue weighted by Crippen LogP contribution is -2.27. The summed E-state index contributed by atoms with van der Waals surface area (Å²) in [6.07, 6.45) is 4.06. The zero-order valence-corrected chi connectivity index (χ0v) is 12.9. The number of carboxylic acids is 1. The fourth-order valence-electron chi connectivity index (χ4n) is 2.30. The lowest BCUT2D eigenvalue weighted by atomic mass is 10.1. The van der Waals surface area contributed by atoms with Crippen LogP contribution in [0.2, 0.25) is 0 Å². The van der Waals surface area contributed by atoms with Crippen LogP contribution in [0.5, 0.6) is 0 Å². The van der Waals surface area contributed by atoms with E-state index in [1.54, 1.807) is 6.07 Å². The number of unbranched alkanes of at least 4 members (excludes halogenated alkanes) is 1. The lowest BCUT2D eigenvalue weighted by molar-refractivity contribution is -0.137. The third kappa shape index (κ3) is 4.87. The molecule has 1 fully saturated rings. The van der Waals surface area contributed by atoms with Crippen LogP contribution in [0.3, 0.4) is 0 Å². The summed E-state index contributed by atoms with van der Waals surface area (Å²) in [5.74, 6) is -0.926. The standard InChI is InChI=1S/C15H19BrFNO2/c16-12-4-7-14(17)11(9-12)10-18(13-5-6-13)8-2-1-3-15(19)20/h4,7,9,13H,1-3,5-6,8,10H2,(H,19,20). The molecule has 5 heteroatoms. The number of carboxylic acid groups (broad SMARTS) is 1. The third-order valence-electron chi connectivity index (χ3n) is 3.53. The third-order valence-corrected chi connectivity index (χ3v) is 4.02. The number of rotatable bonds is 8. The van der Waals surface area contributed by atoms with Gasteiger partial charge in [-0.2, -0.15) is 0 Å². The van der Waals surface area contributed by atoms with Gasteiger partial charge in [0.15, 0.2) is 0 Å². The highest BCUT2D eigenvalue weighted by Gasteiger charge is 2.29. The molecule has 0 atom stereocenters. The smallest absolute Gasteiger partial charge is 0.303 e. The fourth-order valence-corrected chi connectivity index (χ4v) is 2.71. The summed E-state index contributed by atoms with van der Waals surface area (Å²) in [6.45, 7) is 1.44. The van der Waals surface area contributed by atoms with Crippen molar-refractivity contribution in [3.05, 3.63) is 34.1 Å².